The molecule has 0 amide bonds. The number of fused-ring (bicyclic) bond motifs is 1. The molecule has 23 heavy (non-hydrogen) atoms. The van der Waals surface area contributed by atoms with Crippen molar-refractivity contribution in [3.05, 3.63) is 42.2 Å². The second-order valence-corrected chi connectivity index (χ2v) is 7.53. The number of pyridine rings is 1. The SMILES string of the molecule is C[C@@H]1c2ncc(CCOc3cccnc3)n2CCN1S(C)(=O)=O. The lowest BCUT2D eigenvalue weighted by atomic mass is 10.2. The summed E-state index contributed by atoms with van der Waals surface area (Å²) in [5.74, 6) is 1.53. The molecule has 0 spiro atoms. The maximum absolute atomic E-state index is 11.8. The minimum absolute atomic E-state index is 0.244. The van der Waals surface area contributed by atoms with Gasteiger partial charge in [0.05, 0.1) is 25.1 Å². The molecule has 0 fully saturated rings. The summed E-state index contributed by atoms with van der Waals surface area (Å²) >= 11 is 0. The van der Waals surface area contributed by atoms with Crippen LogP contribution in [-0.2, 0) is 23.0 Å². The zero-order valence-corrected chi connectivity index (χ0v) is 14.0. The van der Waals surface area contributed by atoms with Crippen LogP contribution < -0.4 is 4.74 Å². The Kier molecular flexibility index (Phi) is 4.36. The van der Waals surface area contributed by atoms with Crippen LogP contribution in [0.4, 0.5) is 0 Å². The lowest BCUT2D eigenvalue weighted by molar-refractivity contribution is 0.270. The van der Waals surface area contributed by atoms with Gasteiger partial charge in [-0.2, -0.15) is 4.31 Å². The molecule has 0 unspecified atom stereocenters. The van der Waals surface area contributed by atoms with Crippen molar-refractivity contribution in [1.82, 2.24) is 18.8 Å². The zero-order valence-electron chi connectivity index (χ0n) is 13.2. The summed E-state index contributed by atoms with van der Waals surface area (Å²) in [6, 6.07) is 3.45. The Morgan fingerprint density at radius 2 is 2.17 bits per heavy atom. The van der Waals surface area contributed by atoms with E-state index >= 15 is 0 Å². The van der Waals surface area contributed by atoms with Gasteiger partial charge in [0.25, 0.3) is 0 Å². The van der Waals surface area contributed by atoms with E-state index in [-0.39, 0.29) is 6.04 Å². The summed E-state index contributed by atoms with van der Waals surface area (Å²) in [6.07, 6.45) is 7.15. The Bertz CT molecular complexity index is 773. The van der Waals surface area contributed by atoms with Gasteiger partial charge in [0.1, 0.15) is 11.6 Å². The number of aromatic nitrogens is 3. The van der Waals surface area contributed by atoms with E-state index < -0.39 is 10.0 Å². The van der Waals surface area contributed by atoms with Gasteiger partial charge >= 0.3 is 0 Å². The summed E-state index contributed by atoms with van der Waals surface area (Å²) in [5.41, 5.74) is 1.06. The third kappa shape index (κ3) is 3.37. The van der Waals surface area contributed by atoms with Crippen molar-refractivity contribution in [2.75, 3.05) is 19.4 Å². The van der Waals surface area contributed by atoms with Crippen LogP contribution in [0.15, 0.2) is 30.7 Å². The summed E-state index contributed by atoms with van der Waals surface area (Å²) in [5, 5.41) is 0. The highest BCUT2D eigenvalue weighted by Gasteiger charge is 2.32. The summed E-state index contributed by atoms with van der Waals surface area (Å²) in [6.45, 7) is 3.49. The quantitative estimate of drug-likeness (QED) is 0.821. The van der Waals surface area contributed by atoms with E-state index in [0.717, 1.165) is 17.3 Å². The summed E-state index contributed by atoms with van der Waals surface area (Å²) < 4.78 is 32.9. The lowest BCUT2D eigenvalue weighted by Gasteiger charge is -2.32. The van der Waals surface area contributed by atoms with E-state index in [0.29, 0.717) is 26.1 Å². The van der Waals surface area contributed by atoms with E-state index in [1.807, 2.05) is 25.3 Å². The van der Waals surface area contributed by atoms with Crippen molar-refractivity contribution in [1.29, 1.82) is 0 Å². The third-order valence-electron chi connectivity index (χ3n) is 4.01. The molecule has 1 atom stereocenters. The average Bonchev–Trinajstić information content (AvgIpc) is 2.92. The number of ether oxygens (including phenoxy) is 1. The second-order valence-electron chi connectivity index (χ2n) is 5.60. The highest BCUT2D eigenvalue weighted by molar-refractivity contribution is 7.88. The predicted molar refractivity (Wildman–Crippen MR) is 85.6 cm³/mol. The highest BCUT2D eigenvalue weighted by Crippen LogP contribution is 2.27. The third-order valence-corrected chi connectivity index (χ3v) is 5.36. The smallest absolute Gasteiger partial charge is 0.211 e. The summed E-state index contributed by atoms with van der Waals surface area (Å²) in [7, 11) is -3.21. The number of hydrogen-bond donors (Lipinski definition) is 0. The fourth-order valence-electron chi connectivity index (χ4n) is 2.90. The first-order chi connectivity index (χ1) is 11.0. The fraction of sp³-hybridized carbons (Fsp3) is 0.467. The number of rotatable bonds is 5. The molecule has 7 nitrogen and oxygen atoms in total. The highest BCUT2D eigenvalue weighted by atomic mass is 32.2. The molecule has 0 radical (unpaired) electrons. The van der Waals surface area contributed by atoms with Crippen LogP contribution in [0.25, 0.3) is 0 Å². The fourth-order valence-corrected chi connectivity index (χ4v) is 3.98. The molecular weight excluding hydrogens is 316 g/mol. The molecule has 2 aromatic rings. The zero-order chi connectivity index (χ0) is 16.4. The van der Waals surface area contributed by atoms with E-state index in [9.17, 15) is 8.42 Å². The van der Waals surface area contributed by atoms with Gasteiger partial charge in [-0.15, -0.1) is 0 Å². The van der Waals surface area contributed by atoms with Gasteiger partial charge in [-0.25, -0.2) is 13.4 Å². The monoisotopic (exact) mass is 336 g/mol. The summed E-state index contributed by atoms with van der Waals surface area (Å²) in [4.78, 5) is 8.42. The van der Waals surface area contributed by atoms with E-state index in [1.165, 1.54) is 10.6 Å². The van der Waals surface area contributed by atoms with E-state index in [2.05, 4.69) is 14.5 Å². The Hall–Kier alpha value is -1.93. The van der Waals surface area contributed by atoms with Crippen molar-refractivity contribution in [2.45, 2.75) is 25.9 Å². The van der Waals surface area contributed by atoms with Crippen molar-refractivity contribution in [3.63, 3.8) is 0 Å². The van der Waals surface area contributed by atoms with Gasteiger partial charge in [0.2, 0.25) is 10.0 Å². The van der Waals surface area contributed by atoms with Crippen LogP contribution in [0.3, 0.4) is 0 Å². The molecule has 0 bridgehead atoms. The number of imidazole rings is 1. The van der Waals surface area contributed by atoms with Gasteiger partial charge in [-0.3, -0.25) is 4.98 Å². The molecule has 0 saturated carbocycles. The molecule has 2 aromatic heterocycles. The Morgan fingerprint density at radius 3 is 2.87 bits per heavy atom. The molecule has 0 aliphatic carbocycles. The van der Waals surface area contributed by atoms with Gasteiger partial charge in [0, 0.05) is 37.6 Å². The maximum Gasteiger partial charge on any atom is 0.211 e. The molecule has 3 heterocycles. The second kappa shape index (κ2) is 6.29. The van der Waals surface area contributed by atoms with Crippen LogP contribution >= 0.6 is 0 Å². The van der Waals surface area contributed by atoms with Crippen LogP contribution in [-0.4, -0.2) is 46.7 Å². The lowest BCUT2D eigenvalue weighted by Crippen LogP contribution is -2.41. The molecular formula is C15H20N4O3S. The minimum Gasteiger partial charge on any atom is -0.492 e. The van der Waals surface area contributed by atoms with Gasteiger partial charge < -0.3 is 9.30 Å². The van der Waals surface area contributed by atoms with Crippen LogP contribution in [0.1, 0.15) is 24.5 Å². The number of sulfonamides is 1. The molecule has 0 aromatic carbocycles. The van der Waals surface area contributed by atoms with Crippen LogP contribution in [0.5, 0.6) is 5.75 Å². The molecule has 1 aliphatic rings. The first kappa shape index (κ1) is 15.9. The average molecular weight is 336 g/mol. The van der Waals surface area contributed by atoms with Gasteiger partial charge in [0.15, 0.2) is 0 Å². The largest absolute Gasteiger partial charge is 0.492 e. The topological polar surface area (TPSA) is 77.3 Å². The molecule has 8 heteroatoms. The Balaban J connectivity index is 1.68. The molecule has 124 valence electrons. The molecule has 0 saturated heterocycles. The maximum atomic E-state index is 11.8. The van der Waals surface area contributed by atoms with Crippen molar-refractivity contribution >= 4 is 10.0 Å². The van der Waals surface area contributed by atoms with Gasteiger partial charge in [-0.1, -0.05) is 0 Å². The Morgan fingerprint density at radius 1 is 1.35 bits per heavy atom. The minimum atomic E-state index is -3.21. The first-order valence-corrected chi connectivity index (χ1v) is 9.35. The van der Waals surface area contributed by atoms with Gasteiger partial charge in [-0.05, 0) is 19.1 Å². The molecule has 3 rings (SSSR count). The van der Waals surface area contributed by atoms with Crippen LogP contribution in [0, 0.1) is 0 Å². The predicted octanol–water partition coefficient (Wildman–Crippen LogP) is 1.24. The number of nitrogens with zero attached hydrogens (tertiary/aromatic N) is 4. The molecule has 1 aliphatic heterocycles. The van der Waals surface area contributed by atoms with Crippen molar-refractivity contribution in [3.8, 4) is 5.75 Å². The first-order valence-electron chi connectivity index (χ1n) is 7.51. The normalized spacial score (nSPS) is 18.6. The van der Waals surface area contributed by atoms with E-state index in [1.54, 1.807) is 12.4 Å². The van der Waals surface area contributed by atoms with Crippen molar-refractivity contribution < 1.29 is 13.2 Å². The Labute approximate surface area is 136 Å². The number of hydrogen-bond acceptors (Lipinski definition) is 5. The standard InChI is InChI=1S/C15H20N4O3S/c1-12-15-17-10-13(5-9-22-14-4-3-6-16-11-14)18(15)7-8-19(12)23(2,20)21/h3-4,6,10-12H,5,7-9H2,1-2H3/t12-/m1/s1. The van der Waals surface area contributed by atoms with Crippen molar-refractivity contribution in [2.24, 2.45) is 0 Å². The van der Waals surface area contributed by atoms with E-state index in [4.69, 9.17) is 4.74 Å². The van der Waals surface area contributed by atoms with Crippen LogP contribution in [0.2, 0.25) is 0 Å². The molecule has 0 N–H and O–H groups in total.